The van der Waals surface area contributed by atoms with E-state index in [1.807, 2.05) is 0 Å². The Labute approximate surface area is 149 Å². The van der Waals surface area contributed by atoms with E-state index in [9.17, 15) is 4.79 Å². The number of furan rings is 1. The first-order valence-electron chi connectivity index (χ1n) is 7.55. The summed E-state index contributed by atoms with van der Waals surface area (Å²) in [6.45, 7) is -0.174. The molecule has 2 aromatic carbocycles. The summed E-state index contributed by atoms with van der Waals surface area (Å²) in [5.41, 5.74) is 1.73. The molecule has 1 amide bonds. The van der Waals surface area contributed by atoms with Crippen LogP contribution in [0.15, 0.2) is 59.0 Å². The molecular formula is C19H16ClNO4. The Balaban J connectivity index is 1.79. The Kier molecular flexibility index (Phi) is 5.07. The van der Waals surface area contributed by atoms with Crippen molar-refractivity contribution in [2.75, 3.05) is 12.4 Å². The number of carbonyl (C=O) groups is 1. The van der Waals surface area contributed by atoms with Gasteiger partial charge in [-0.25, -0.2) is 0 Å². The first-order chi connectivity index (χ1) is 12.1. The van der Waals surface area contributed by atoms with E-state index in [0.29, 0.717) is 39.1 Å². The molecule has 0 aliphatic carbocycles. The van der Waals surface area contributed by atoms with Gasteiger partial charge in [0, 0.05) is 16.8 Å². The molecule has 0 atom stereocenters. The topological polar surface area (TPSA) is 71.7 Å². The quantitative estimate of drug-likeness (QED) is 0.712. The van der Waals surface area contributed by atoms with E-state index in [2.05, 4.69) is 5.32 Å². The number of hydrogen-bond acceptors (Lipinski definition) is 4. The summed E-state index contributed by atoms with van der Waals surface area (Å²) in [6, 6.07) is 15.4. The second kappa shape index (κ2) is 7.42. The van der Waals surface area contributed by atoms with Crippen molar-refractivity contribution in [1.82, 2.24) is 0 Å². The van der Waals surface area contributed by atoms with Gasteiger partial charge in [-0.2, -0.15) is 0 Å². The van der Waals surface area contributed by atoms with Gasteiger partial charge in [0.1, 0.15) is 23.9 Å². The van der Waals surface area contributed by atoms with Crippen molar-refractivity contribution in [2.45, 2.75) is 6.61 Å². The molecule has 0 saturated carbocycles. The van der Waals surface area contributed by atoms with E-state index in [-0.39, 0.29) is 12.5 Å². The molecule has 0 bridgehead atoms. The average Bonchev–Trinajstić information content (AvgIpc) is 3.10. The maximum Gasteiger partial charge on any atom is 0.255 e. The number of ether oxygens (including phenoxy) is 1. The van der Waals surface area contributed by atoms with Crippen molar-refractivity contribution in [3.8, 4) is 17.1 Å². The molecule has 0 spiro atoms. The summed E-state index contributed by atoms with van der Waals surface area (Å²) >= 11 is 6.30. The third-order valence-corrected chi connectivity index (χ3v) is 3.95. The van der Waals surface area contributed by atoms with Crippen molar-refractivity contribution >= 4 is 23.2 Å². The highest BCUT2D eigenvalue weighted by Gasteiger charge is 2.12. The van der Waals surface area contributed by atoms with Gasteiger partial charge in [0.15, 0.2) is 0 Å². The molecule has 0 aliphatic rings. The molecule has 3 aromatic rings. The summed E-state index contributed by atoms with van der Waals surface area (Å²) in [4.78, 5) is 12.3. The summed E-state index contributed by atoms with van der Waals surface area (Å²) in [7, 11) is 1.55. The minimum Gasteiger partial charge on any atom is -0.497 e. The molecule has 5 nitrogen and oxygen atoms in total. The maximum absolute atomic E-state index is 12.3. The fourth-order valence-corrected chi connectivity index (χ4v) is 2.64. The normalized spacial score (nSPS) is 10.5. The number of halogens is 1. The lowest BCUT2D eigenvalue weighted by atomic mass is 10.1. The van der Waals surface area contributed by atoms with E-state index in [4.69, 9.17) is 25.9 Å². The Hall–Kier alpha value is -2.76. The number of nitrogens with one attached hydrogen (secondary N) is 1. The molecule has 6 heteroatoms. The molecule has 128 valence electrons. The van der Waals surface area contributed by atoms with E-state index >= 15 is 0 Å². The zero-order valence-electron chi connectivity index (χ0n) is 13.5. The smallest absolute Gasteiger partial charge is 0.255 e. The Morgan fingerprint density at radius 3 is 2.72 bits per heavy atom. The number of amides is 1. The first kappa shape index (κ1) is 17.1. The molecule has 0 fully saturated rings. The highest BCUT2D eigenvalue weighted by atomic mass is 35.5. The monoisotopic (exact) mass is 357 g/mol. The van der Waals surface area contributed by atoms with Gasteiger partial charge in [-0.15, -0.1) is 0 Å². The Bertz CT molecular complexity index is 904. The number of aliphatic hydroxyl groups excluding tert-OH is 1. The lowest BCUT2D eigenvalue weighted by molar-refractivity contribution is 0.102. The lowest BCUT2D eigenvalue weighted by Gasteiger charge is -2.09. The van der Waals surface area contributed by atoms with Crippen molar-refractivity contribution in [3.63, 3.8) is 0 Å². The van der Waals surface area contributed by atoms with Gasteiger partial charge in [-0.1, -0.05) is 17.7 Å². The second-order valence-corrected chi connectivity index (χ2v) is 5.71. The molecule has 1 aromatic heterocycles. The number of anilines is 1. The molecule has 0 saturated heterocycles. The third-order valence-electron chi connectivity index (χ3n) is 3.64. The fourth-order valence-electron chi connectivity index (χ4n) is 2.37. The van der Waals surface area contributed by atoms with E-state index in [0.717, 1.165) is 0 Å². The summed E-state index contributed by atoms with van der Waals surface area (Å²) in [5.74, 6) is 1.36. The molecule has 3 rings (SSSR count). The van der Waals surface area contributed by atoms with Crippen LogP contribution in [0.4, 0.5) is 5.69 Å². The van der Waals surface area contributed by atoms with E-state index in [1.165, 1.54) is 0 Å². The predicted octanol–water partition coefficient (Wildman–Crippen LogP) is 4.35. The maximum atomic E-state index is 12.3. The molecule has 0 radical (unpaired) electrons. The van der Waals surface area contributed by atoms with Gasteiger partial charge in [0.2, 0.25) is 0 Å². The van der Waals surface area contributed by atoms with Crippen LogP contribution in [0, 0.1) is 0 Å². The Morgan fingerprint density at radius 1 is 1.20 bits per heavy atom. The number of hydrogen-bond donors (Lipinski definition) is 2. The van der Waals surface area contributed by atoms with Crippen LogP contribution in [-0.2, 0) is 6.61 Å². The lowest BCUT2D eigenvalue weighted by Crippen LogP contribution is -2.11. The number of aliphatic hydroxyl groups is 1. The average molecular weight is 358 g/mol. The number of benzene rings is 2. The van der Waals surface area contributed by atoms with Gasteiger partial charge in [0.05, 0.1) is 12.1 Å². The molecule has 0 unspecified atom stereocenters. The van der Waals surface area contributed by atoms with Crippen LogP contribution in [0.1, 0.15) is 16.1 Å². The Morgan fingerprint density at radius 2 is 2.04 bits per heavy atom. The van der Waals surface area contributed by atoms with Crippen LogP contribution < -0.4 is 10.1 Å². The zero-order chi connectivity index (χ0) is 17.8. The van der Waals surface area contributed by atoms with E-state index < -0.39 is 0 Å². The predicted molar refractivity (Wildman–Crippen MR) is 96.0 cm³/mol. The van der Waals surface area contributed by atoms with Gasteiger partial charge in [-0.05, 0) is 48.5 Å². The van der Waals surface area contributed by atoms with Crippen molar-refractivity contribution < 1.29 is 19.1 Å². The summed E-state index contributed by atoms with van der Waals surface area (Å²) < 4.78 is 10.6. The van der Waals surface area contributed by atoms with Crippen molar-refractivity contribution in [2.24, 2.45) is 0 Å². The molecular weight excluding hydrogens is 342 g/mol. The highest BCUT2D eigenvalue weighted by molar-refractivity contribution is 6.33. The van der Waals surface area contributed by atoms with Gasteiger partial charge < -0.3 is 19.6 Å². The molecule has 1 heterocycles. The van der Waals surface area contributed by atoms with Crippen molar-refractivity contribution in [3.05, 3.63) is 70.9 Å². The highest BCUT2D eigenvalue weighted by Crippen LogP contribution is 2.31. The van der Waals surface area contributed by atoms with Gasteiger partial charge in [0.25, 0.3) is 5.91 Å². The minimum atomic E-state index is -0.261. The minimum absolute atomic E-state index is 0.174. The molecule has 25 heavy (non-hydrogen) atoms. The second-order valence-electron chi connectivity index (χ2n) is 5.30. The van der Waals surface area contributed by atoms with Crippen LogP contribution in [-0.4, -0.2) is 18.1 Å². The number of carbonyl (C=O) groups excluding carboxylic acids is 1. The zero-order valence-corrected chi connectivity index (χ0v) is 14.2. The third kappa shape index (κ3) is 3.84. The van der Waals surface area contributed by atoms with Crippen molar-refractivity contribution in [1.29, 1.82) is 0 Å². The first-order valence-corrected chi connectivity index (χ1v) is 7.93. The largest absolute Gasteiger partial charge is 0.497 e. The summed E-state index contributed by atoms with van der Waals surface area (Å²) in [5, 5.41) is 12.3. The van der Waals surface area contributed by atoms with Crippen LogP contribution in [0.2, 0.25) is 5.02 Å². The fraction of sp³-hybridized carbons (Fsp3) is 0.105. The van der Waals surface area contributed by atoms with Crippen LogP contribution in [0.5, 0.6) is 5.75 Å². The van der Waals surface area contributed by atoms with Gasteiger partial charge in [-0.3, -0.25) is 4.79 Å². The summed E-state index contributed by atoms with van der Waals surface area (Å²) in [6.07, 6.45) is 0. The van der Waals surface area contributed by atoms with Crippen LogP contribution in [0.25, 0.3) is 11.3 Å². The SMILES string of the molecule is COc1cccc(C(=O)Nc2ccc(-c3ccc(CO)o3)c(Cl)c2)c1. The van der Waals surface area contributed by atoms with Crippen LogP contribution in [0.3, 0.4) is 0 Å². The number of methoxy groups -OCH3 is 1. The molecule has 0 aliphatic heterocycles. The van der Waals surface area contributed by atoms with Gasteiger partial charge >= 0.3 is 0 Å². The standard InChI is InChI=1S/C19H16ClNO4/c1-24-14-4-2-3-12(9-14)19(23)21-13-5-7-16(17(20)10-13)18-8-6-15(11-22)25-18/h2-10,22H,11H2,1H3,(H,21,23). The molecule has 2 N–H and O–H groups in total. The number of rotatable bonds is 5. The van der Waals surface area contributed by atoms with Crippen LogP contribution >= 0.6 is 11.6 Å². The van der Waals surface area contributed by atoms with E-state index in [1.54, 1.807) is 61.7 Å².